The van der Waals surface area contributed by atoms with E-state index < -0.39 is 0 Å². The second-order valence-electron chi connectivity index (χ2n) is 4.24. The first-order valence-electron chi connectivity index (χ1n) is 5.91. The quantitative estimate of drug-likeness (QED) is 0.749. The number of aryl methyl sites for hydroxylation is 2. The Bertz CT molecular complexity index is 457. The molecule has 2 heterocycles. The van der Waals surface area contributed by atoms with Gasteiger partial charge in [0.15, 0.2) is 0 Å². The van der Waals surface area contributed by atoms with Crippen molar-refractivity contribution in [3.63, 3.8) is 0 Å². The highest BCUT2D eigenvalue weighted by Gasteiger charge is 1.98. The standard InChI is InChI=1S/C12H19N5/c1-11-9-15-17(10-11)8-5-13-4-3-12-14-6-7-16(12)2/h6-7,9-10,13H,3-5,8H2,1-2H3. The van der Waals surface area contributed by atoms with E-state index in [2.05, 4.69) is 33.1 Å². The van der Waals surface area contributed by atoms with Crippen LogP contribution in [0.5, 0.6) is 0 Å². The largest absolute Gasteiger partial charge is 0.338 e. The topological polar surface area (TPSA) is 47.7 Å². The van der Waals surface area contributed by atoms with Gasteiger partial charge in [-0.25, -0.2) is 4.98 Å². The van der Waals surface area contributed by atoms with Gasteiger partial charge in [-0.15, -0.1) is 0 Å². The van der Waals surface area contributed by atoms with Crippen LogP contribution in [0.15, 0.2) is 24.8 Å². The van der Waals surface area contributed by atoms with Crippen LogP contribution in [0.2, 0.25) is 0 Å². The maximum Gasteiger partial charge on any atom is 0.109 e. The molecule has 0 aliphatic rings. The van der Waals surface area contributed by atoms with Gasteiger partial charge in [-0.2, -0.15) is 5.10 Å². The molecule has 0 amide bonds. The van der Waals surface area contributed by atoms with Crippen molar-refractivity contribution in [2.75, 3.05) is 13.1 Å². The highest BCUT2D eigenvalue weighted by molar-refractivity contribution is 4.99. The highest BCUT2D eigenvalue weighted by Crippen LogP contribution is 1.95. The zero-order valence-corrected chi connectivity index (χ0v) is 10.4. The monoisotopic (exact) mass is 233 g/mol. The van der Waals surface area contributed by atoms with Gasteiger partial charge in [-0.05, 0) is 12.5 Å². The second kappa shape index (κ2) is 5.63. The van der Waals surface area contributed by atoms with E-state index in [9.17, 15) is 0 Å². The van der Waals surface area contributed by atoms with Crippen molar-refractivity contribution in [3.8, 4) is 0 Å². The summed E-state index contributed by atoms with van der Waals surface area (Å²) in [5.74, 6) is 1.12. The van der Waals surface area contributed by atoms with Crippen molar-refractivity contribution in [2.45, 2.75) is 19.9 Å². The SMILES string of the molecule is Cc1cnn(CCNCCc2nccn2C)c1. The van der Waals surface area contributed by atoms with Crippen LogP contribution in [0.4, 0.5) is 0 Å². The molecule has 0 saturated heterocycles. The van der Waals surface area contributed by atoms with E-state index >= 15 is 0 Å². The van der Waals surface area contributed by atoms with Gasteiger partial charge in [0.1, 0.15) is 5.82 Å². The predicted octanol–water partition coefficient (Wildman–Crippen LogP) is 0.757. The summed E-state index contributed by atoms with van der Waals surface area (Å²) in [4.78, 5) is 4.28. The first-order valence-corrected chi connectivity index (χ1v) is 5.91. The smallest absolute Gasteiger partial charge is 0.109 e. The van der Waals surface area contributed by atoms with Gasteiger partial charge in [0.05, 0.1) is 12.7 Å². The molecule has 17 heavy (non-hydrogen) atoms. The molecule has 5 heteroatoms. The van der Waals surface area contributed by atoms with E-state index in [4.69, 9.17) is 0 Å². The van der Waals surface area contributed by atoms with Gasteiger partial charge < -0.3 is 9.88 Å². The second-order valence-corrected chi connectivity index (χ2v) is 4.24. The van der Waals surface area contributed by atoms with E-state index in [1.807, 2.05) is 30.3 Å². The van der Waals surface area contributed by atoms with Crippen LogP contribution in [0.25, 0.3) is 0 Å². The third kappa shape index (κ3) is 3.42. The Labute approximate surface area is 101 Å². The summed E-state index contributed by atoms with van der Waals surface area (Å²) in [5, 5.41) is 7.63. The van der Waals surface area contributed by atoms with Gasteiger partial charge in [-0.1, -0.05) is 0 Å². The third-order valence-electron chi connectivity index (χ3n) is 2.73. The number of nitrogens with one attached hydrogen (secondary N) is 1. The molecule has 2 rings (SSSR count). The fourth-order valence-electron chi connectivity index (χ4n) is 1.75. The third-order valence-corrected chi connectivity index (χ3v) is 2.73. The van der Waals surface area contributed by atoms with Crippen molar-refractivity contribution >= 4 is 0 Å². The molecule has 0 fully saturated rings. The van der Waals surface area contributed by atoms with Crippen LogP contribution in [-0.4, -0.2) is 32.4 Å². The lowest BCUT2D eigenvalue weighted by atomic mass is 10.4. The average Bonchev–Trinajstić information content (AvgIpc) is 2.88. The molecule has 1 N–H and O–H groups in total. The molecular weight excluding hydrogens is 214 g/mol. The fourth-order valence-corrected chi connectivity index (χ4v) is 1.75. The van der Waals surface area contributed by atoms with E-state index in [1.165, 1.54) is 5.56 Å². The van der Waals surface area contributed by atoms with Crippen LogP contribution in [0.1, 0.15) is 11.4 Å². The highest BCUT2D eigenvalue weighted by atomic mass is 15.3. The zero-order chi connectivity index (χ0) is 12.1. The van der Waals surface area contributed by atoms with Crippen molar-refractivity contribution < 1.29 is 0 Å². The van der Waals surface area contributed by atoms with Crippen LogP contribution in [0.3, 0.4) is 0 Å². The molecule has 0 atom stereocenters. The summed E-state index contributed by atoms with van der Waals surface area (Å²) in [6, 6.07) is 0. The van der Waals surface area contributed by atoms with E-state index in [1.54, 1.807) is 0 Å². The number of aromatic nitrogens is 4. The lowest BCUT2D eigenvalue weighted by Gasteiger charge is -2.05. The molecule has 0 bridgehead atoms. The Morgan fingerprint density at radius 3 is 2.88 bits per heavy atom. The van der Waals surface area contributed by atoms with E-state index in [0.717, 1.165) is 31.9 Å². The van der Waals surface area contributed by atoms with Crippen molar-refractivity contribution in [1.29, 1.82) is 0 Å². The van der Waals surface area contributed by atoms with Crippen molar-refractivity contribution in [3.05, 3.63) is 36.2 Å². The maximum atomic E-state index is 4.28. The Kier molecular flexibility index (Phi) is 3.93. The minimum atomic E-state index is 0.911. The van der Waals surface area contributed by atoms with Crippen LogP contribution in [-0.2, 0) is 20.0 Å². The Balaban J connectivity index is 1.62. The number of imidazole rings is 1. The Morgan fingerprint density at radius 2 is 2.24 bits per heavy atom. The van der Waals surface area contributed by atoms with Gasteiger partial charge in [-0.3, -0.25) is 4.68 Å². The number of rotatable bonds is 6. The van der Waals surface area contributed by atoms with Gasteiger partial charge in [0.2, 0.25) is 0 Å². The van der Waals surface area contributed by atoms with Crippen LogP contribution < -0.4 is 5.32 Å². The molecule has 2 aromatic heterocycles. The minimum absolute atomic E-state index is 0.911. The first-order chi connectivity index (χ1) is 8.25. The molecule has 0 aliphatic heterocycles. The molecule has 5 nitrogen and oxygen atoms in total. The maximum absolute atomic E-state index is 4.28. The van der Waals surface area contributed by atoms with E-state index in [-0.39, 0.29) is 0 Å². The molecule has 0 aromatic carbocycles. The summed E-state index contributed by atoms with van der Waals surface area (Å²) in [6.45, 7) is 4.85. The first kappa shape index (κ1) is 11.9. The summed E-state index contributed by atoms with van der Waals surface area (Å²) < 4.78 is 4.02. The van der Waals surface area contributed by atoms with Gasteiger partial charge in [0.25, 0.3) is 0 Å². The van der Waals surface area contributed by atoms with Gasteiger partial charge >= 0.3 is 0 Å². The van der Waals surface area contributed by atoms with E-state index in [0.29, 0.717) is 0 Å². The van der Waals surface area contributed by atoms with Crippen molar-refractivity contribution in [2.24, 2.45) is 7.05 Å². The number of hydrogen-bond donors (Lipinski definition) is 1. The lowest BCUT2D eigenvalue weighted by molar-refractivity contribution is 0.551. The average molecular weight is 233 g/mol. The van der Waals surface area contributed by atoms with Crippen LogP contribution in [0, 0.1) is 6.92 Å². The molecule has 0 saturated carbocycles. The molecule has 0 unspecified atom stereocenters. The molecule has 92 valence electrons. The Morgan fingerprint density at radius 1 is 1.35 bits per heavy atom. The summed E-state index contributed by atoms with van der Waals surface area (Å²) in [7, 11) is 2.02. The fraction of sp³-hybridized carbons (Fsp3) is 0.500. The summed E-state index contributed by atoms with van der Waals surface area (Å²) >= 11 is 0. The normalized spacial score (nSPS) is 10.9. The predicted molar refractivity (Wildman–Crippen MR) is 66.7 cm³/mol. The zero-order valence-electron chi connectivity index (χ0n) is 10.4. The molecule has 0 radical (unpaired) electrons. The molecule has 2 aromatic rings. The summed E-state index contributed by atoms with van der Waals surface area (Å²) in [5.41, 5.74) is 1.21. The van der Waals surface area contributed by atoms with Gasteiger partial charge in [0, 0.05) is 45.1 Å². The van der Waals surface area contributed by atoms with Crippen LogP contribution >= 0.6 is 0 Å². The lowest BCUT2D eigenvalue weighted by Crippen LogP contribution is -2.23. The molecule has 0 aliphatic carbocycles. The molecular formula is C12H19N5. The number of hydrogen-bond acceptors (Lipinski definition) is 3. The molecule has 0 spiro atoms. The van der Waals surface area contributed by atoms with Crippen molar-refractivity contribution in [1.82, 2.24) is 24.6 Å². The Hall–Kier alpha value is -1.62. The summed E-state index contributed by atoms with van der Waals surface area (Å²) in [6.07, 6.45) is 8.71. The minimum Gasteiger partial charge on any atom is -0.338 e. The number of nitrogens with zero attached hydrogens (tertiary/aromatic N) is 4.